The van der Waals surface area contributed by atoms with Crippen LogP contribution in [0.15, 0.2) is 48.8 Å². The maximum Gasteiger partial charge on any atom is 0.293 e. The van der Waals surface area contributed by atoms with E-state index in [1.165, 1.54) is 0 Å². The van der Waals surface area contributed by atoms with E-state index in [-0.39, 0.29) is 5.91 Å². The molecule has 4 heterocycles. The number of fused-ring (bicyclic) bond motifs is 1. The fourth-order valence-corrected chi connectivity index (χ4v) is 4.43. The molecule has 4 rings (SSSR count). The number of nitrogens with one attached hydrogen (secondary N) is 1. The summed E-state index contributed by atoms with van der Waals surface area (Å²) in [5.41, 5.74) is 1.65. The average molecular weight is 387 g/mol. The standard InChI is InChI=1S/C18H21N5O3S/c24-18(21-16-6-1-3-7-19-16)17-20-14(15-5-2-4-8-23(15)17)13-22-9-11-27(25,26)12-10-22/h1-8,25-26H,9-13H2,(H,19,21,24). The Morgan fingerprint density at radius 3 is 2.67 bits per heavy atom. The van der Waals surface area contributed by atoms with Crippen molar-refractivity contribution in [1.82, 2.24) is 19.3 Å². The zero-order valence-corrected chi connectivity index (χ0v) is 15.5. The average Bonchev–Trinajstić information content (AvgIpc) is 3.03. The molecule has 3 N–H and O–H groups in total. The molecular weight excluding hydrogens is 366 g/mol. The minimum atomic E-state index is -2.43. The van der Waals surface area contributed by atoms with Gasteiger partial charge in [-0.15, -0.1) is 0 Å². The largest absolute Gasteiger partial charge is 0.304 e. The molecule has 0 aliphatic carbocycles. The highest BCUT2D eigenvalue weighted by Crippen LogP contribution is 2.40. The summed E-state index contributed by atoms with van der Waals surface area (Å²) in [7, 11) is -2.43. The van der Waals surface area contributed by atoms with Crippen molar-refractivity contribution in [3.63, 3.8) is 0 Å². The van der Waals surface area contributed by atoms with Crippen LogP contribution >= 0.6 is 10.6 Å². The van der Waals surface area contributed by atoms with Crippen LogP contribution in [-0.2, 0) is 6.54 Å². The van der Waals surface area contributed by atoms with Gasteiger partial charge < -0.3 is 5.32 Å². The molecule has 0 bridgehead atoms. The highest BCUT2D eigenvalue weighted by Gasteiger charge is 2.24. The molecule has 1 aliphatic heterocycles. The number of hydrogen-bond donors (Lipinski definition) is 3. The summed E-state index contributed by atoms with van der Waals surface area (Å²) in [6.07, 6.45) is 3.43. The molecular formula is C18H21N5O3S. The summed E-state index contributed by atoms with van der Waals surface area (Å²) in [6, 6.07) is 11.0. The number of hydrogen-bond acceptors (Lipinski definition) is 6. The molecule has 3 aromatic heterocycles. The minimum absolute atomic E-state index is 0.299. The molecule has 0 atom stereocenters. The Hall–Kier alpha value is -2.46. The van der Waals surface area contributed by atoms with Gasteiger partial charge in [-0.2, -0.15) is 10.6 Å². The zero-order valence-electron chi connectivity index (χ0n) is 14.7. The minimum Gasteiger partial charge on any atom is -0.304 e. The van der Waals surface area contributed by atoms with Crippen LogP contribution < -0.4 is 5.32 Å². The van der Waals surface area contributed by atoms with Gasteiger partial charge in [0.25, 0.3) is 5.91 Å². The molecule has 142 valence electrons. The molecule has 27 heavy (non-hydrogen) atoms. The number of nitrogens with zero attached hydrogens (tertiary/aromatic N) is 4. The van der Waals surface area contributed by atoms with E-state index in [2.05, 4.69) is 20.2 Å². The number of pyridine rings is 2. The first-order valence-corrected chi connectivity index (χ1v) is 10.5. The van der Waals surface area contributed by atoms with Crippen molar-refractivity contribution in [3.05, 3.63) is 60.3 Å². The van der Waals surface area contributed by atoms with E-state index in [0.29, 0.717) is 42.8 Å². The lowest BCUT2D eigenvalue weighted by Crippen LogP contribution is -2.37. The van der Waals surface area contributed by atoms with Crippen molar-refractivity contribution in [3.8, 4) is 0 Å². The van der Waals surface area contributed by atoms with Gasteiger partial charge >= 0.3 is 0 Å². The van der Waals surface area contributed by atoms with Crippen LogP contribution in [0.5, 0.6) is 0 Å². The predicted octanol–water partition coefficient (Wildman–Crippen LogP) is 2.55. The van der Waals surface area contributed by atoms with Crippen LogP contribution in [0.3, 0.4) is 0 Å². The second-order valence-corrected chi connectivity index (χ2v) is 8.91. The maximum atomic E-state index is 12.7. The quantitative estimate of drug-likeness (QED) is 0.636. The van der Waals surface area contributed by atoms with Crippen LogP contribution in [0, 0.1) is 0 Å². The second kappa shape index (κ2) is 7.28. The van der Waals surface area contributed by atoms with Gasteiger partial charge in [-0.3, -0.25) is 23.2 Å². The van der Waals surface area contributed by atoms with Crippen molar-refractivity contribution >= 4 is 27.8 Å². The molecule has 1 aliphatic rings. The van der Waals surface area contributed by atoms with Crippen LogP contribution in [0.25, 0.3) is 5.52 Å². The van der Waals surface area contributed by atoms with Gasteiger partial charge in [0.05, 0.1) is 22.7 Å². The normalized spacial score (nSPS) is 18.3. The van der Waals surface area contributed by atoms with Crippen molar-refractivity contribution < 1.29 is 13.9 Å². The highest BCUT2D eigenvalue weighted by atomic mass is 32.3. The van der Waals surface area contributed by atoms with E-state index in [1.54, 1.807) is 28.8 Å². The summed E-state index contributed by atoms with van der Waals surface area (Å²) in [6.45, 7) is 1.76. The van der Waals surface area contributed by atoms with E-state index in [9.17, 15) is 13.9 Å². The third-order valence-corrected chi connectivity index (χ3v) is 6.25. The Balaban J connectivity index is 1.58. The fourth-order valence-electron chi connectivity index (χ4n) is 3.12. The van der Waals surface area contributed by atoms with Gasteiger partial charge in [-0.05, 0) is 24.3 Å². The Labute approximate surface area is 158 Å². The number of aromatic nitrogens is 3. The van der Waals surface area contributed by atoms with E-state index in [4.69, 9.17) is 0 Å². The van der Waals surface area contributed by atoms with Crippen molar-refractivity contribution in [2.75, 3.05) is 29.9 Å². The van der Waals surface area contributed by atoms with Gasteiger partial charge in [0.15, 0.2) is 0 Å². The topological polar surface area (TPSA) is 103 Å². The Morgan fingerprint density at radius 1 is 1.15 bits per heavy atom. The Morgan fingerprint density at radius 2 is 1.93 bits per heavy atom. The number of carbonyl (C=O) groups excluding carboxylic acids is 1. The van der Waals surface area contributed by atoms with Gasteiger partial charge in [0.1, 0.15) is 5.82 Å². The molecule has 0 saturated carbocycles. The van der Waals surface area contributed by atoms with Crippen molar-refractivity contribution in [1.29, 1.82) is 0 Å². The third-order valence-electron chi connectivity index (χ3n) is 4.58. The van der Waals surface area contributed by atoms with Gasteiger partial charge in [0.2, 0.25) is 5.82 Å². The molecule has 9 heteroatoms. The number of anilines is 1. The third kappa shape index (κ3) is 3.96. The number of amides is 1. The highest BCUT2D eigenvalue weighted by molar-refractivity contribution is 8.24. The van der Waals surface area contributed by atoms with Crippen LogP contribution in [-0.4, -0.2) is 58.9 Å². The first kappa shape index (κ1) is 17.9. The zero-order chi connectivity index (χ0) is 18.9. The van der Waals surface area contributed by atoms with Gasteiger partial charge in [-0.25, -0.2) is 9.97 Å². The predicted molar refractivity (Wildman–Crippen MR) is 105 cm³/mol. The van der Waals surface area contributed by atoms with E-state index in [0.717, 1.165) is 11.2 Å². The number of imidazole rings is 1. The molecule has 8 nitrogen and oxygen atoms in total. The molecule has 0 aromatic carbocycles. The van der Waals surface area contributed by atoms with E-state index >= 15 is 0 Å². The molecule has 0 spiro atoms. The summed E-state index contributed by atoms with van der Waals surface area (Å²) < 4.78 is 21.3. The van der Waals surface area contributed by atoms with Crippen molar-refractivity contribution in [2.24, 2.45) is 0 Å². The lowest BCUT2D eigenvalue weighted by atomic mass is 10.3. The monoisotopic (exact) mass is 387 g/mol. The Bertz CT molecular complexity index is 950. The second-order valence-electron chi connectivity index (χ2n) is 6.49. The lowest BCUT2D eigenvalue weighted by Gasteiger charge is -2.40. The van der Waals surface area contributed by atoms with E-state index < -0.39 is 10.6 Å². The van der Waals surface area contributed by atoms with Crippen LogP contribution in [0.4, 0.5) is 5.82 Å². The lowest BCUT2D eigenvalue weighted by molar-refractivity contribution is 0.101. The molecule has 0 unspecified atom stereocenters. The van der Waals surface area contributed by atoms with Crippen LogP contribution in [0.1, 0.15) is 16.3 Å². The molecule has 1 amide bonds. The van der Waals surface area contributed by atoms with E-state index in [1.807, 2.05) is 24.4 Å². The SMILES string of the molecule is O=C(Nc1ccccn1)c1nc(CN2CCS(O)(O)CC2)c2ccccn12. The first-order valence-electron chi connectivity index (χ1n) is 8.66. The van der Waals surface area contributed by atoms with Gasteiger partial charge in [-0.1, -0.05) is 12.1 Å². The maximum absolute atomic E-state index is 12.7. The van der Waals surface area contributed by atoms with Crippen molar-refractivity contribution in [2.45, 2.75) is 6.54 Å². The number of carbonyl (C=O) groups is 1. The summed E-state index contributed by atoms with van der Waals surface area (Å²) in [5.74, 6) is 1.21. The van der Waals surface area contributed by atoms with Gasteiger partial charge in [0, 0.05) is 32.0 Å². The first-order chi connectivity index (χ1) is 13.0. The fraction of sp³-hybridized carbons (Fsp3) is 0.278. The molecule has 3 aromatic rings. The summed E-state index contributed by atoms with van der Waals surface area (Å²) in [4.78, 5) is 23.5. The Kier molecular flexibility index (Phi) is 4.83. The molecule has 1 saturated heterocycles. The summed E-state index contributed by atoms with van der Waals surface area (Å²) in [5, 5.41) is 2.77. The summed E-state index contributed by atoms with van der Waals surface area (Å²) >= 11 is 0. The molecule has 1 fully saturated rings. The number of rotatable bonds is 4. The smallest absolute Gasteiger partial charge is 0.293 e. The molecule has 0 radical (unpaired) electrons. The van der Waals surface area contributed by atoms with Crippen LogP contribution in [0.2, 0.25) is 0 Å².